The Morgan fingerprint density at radius 1 is 1.35 bits per heavy atom. The first-order chi connectivity index (χ1) is 8.20. The number of pyridine rings is 1. The fourth-order valence-corrected chi connectivity index (χ4v) is 1.96. The molecule has 0 atom stereocenters. The van der Waals surface area contributed by atoms with E-state index in [1.165, 1.54) is 0 Å². The molecule has 0 aliphatic heterocycles. The van der Waals surface area contributed by atoms with Gasteiger partial charge in [-0.3, -0.25) is 0 Å². The third-order valence-electron chi connectivity index (χ3n) is 2.40. The molecule has 1 aromatic carbocycles. The number of ether oxygens (including phenoxy) is 1. The molecule has 0 fully saturated rings. The maximum Gasteiger partial charge on any atom is 0.222 e. The third kappa shape index (κ3) is 2.84. The number of para-hydroxylation sites is 1. The first-order valence-corrected chi connectivity index (χ1v) is 6.08. The zero-order chi connectivity index (χ0) is 12.3. The average molecular weight is 293 g/mol. The van der Waals surface area contributed by atoms with Gasteiger partial charge in [-0.15, -0.1) is 0 Å². The van der Waals surface area contributed by atoms with Crippen molar-refractivity contribution in [3.8, 4) is 11.6 Å². The highest BCUT2D eigenvalue weighted by molar-refractivity contribution is 9.10. The predicted octanol–water partition coefficient (Wildman–Crippen LogP) is 3.40. The van der Waals surface area contributed by atoms with Crippen molar-refractivity contribution < 1.29 is 4.74 Å². The maximum absolute atomic E-state index is 5.77. The van der Waals surface area contributed by atoms with Crippen molar-refractivity contribution in [2.24, 2.45) is 5.73 Å². The van der Waals surface area contributed by atoms with E-state index in [-0.39, 0.29) is 0 Å². The minimum absolute atomic E-state index is 0.450. The molecule has 1 heterocycles. The minimum atomic E-state index is 0.450. The van der Waals surface area contributed by atoms with Gasteiger partial charge in [0.2, 0.25) is 5.88 Å². The molecule has 0 aliphatic rings. The second-order valence-corrected chi connectivity index (χ2v) is 4.61. The number of nitrogens with zero attached hydrogens (tertiary/aromatic N) is 1. The van der Waals surface area contributed by atoms with Crippen molar-refractivity contribution in [1.82, 2.24) is 4.98 Å². The van der Waals surface area contributed by atoms with Crippen LogP contribution in [0.25, 0.3) is 0 Å². The summed E-state index contributed by atoms with van der Waals surface area (Å²) < 4.78 is 6.71. The third-order valence-corrected chi connectivity index (χ3v) is 2.83. The van der Waals surface area contributed by atoms with E-state index in [1.54, 1.807) is 6.20 Å². The second kappa shape index (κ2) is 5.29. The van der Waals surface area contributed by atoms with Crippen LogP contribution in [0, 0.1) is 6.92 Å². The molecule has 0 unspecified atom stereocenters. The highest BCUT2D eigenvalue weighted by Gasteiger charge is 2.06. The maximum atomic E-state index is 5.77. The molecule has 4 heteroatoms. The fourth-order valence-electron chi connectivity index (χ4n) is 1.51. The molecule has 0 aliphatic carbocycles. The second-order valence-electron chi connectivity index (χ2n) is 3.69. The van der Waals surface area contributed by atoms with Gasteiger partial charge in [-0.1, -0.05) is 18.2 Å². The topological polar surface area (TPSA) is 48.1 Å². The lowest BCUT2D eigenvalue weighted by atomic mass is 10.2. The largest absolute Gasteiger partial charge is 0.438 e. The Hall–Kier alpha value is -1.39. The minimum Gasteiger partial charge on any atom is -0.438 e. The van der Waals surface area contributed by atoms with Crippen molar-refractivity contribution >= 4 is 15.9 Å². The number of halogens is 1. The van der Waals surface area contributed by atoms with Crippen molar-refractivity contribution in [1.29, 1.82) is 0 Å². The normalized spacial score (nSPS) is 10.3. The van der Waals surface area contributed by atoms with E-state index >= 15 is 0 Å². The van der Waals surface area contributed by atoms with E-state index in [9.17, 15) is 0 Å². The van der Waals surface area contributed by atoms with Gasteiger partial charge in [0.1, 0.15) is 5.75 Å². The van der Waals surface area contributed by atoms with E-state index in [2.05, 4.69) is 20.9 Å². The summed E-state index contributed by atoms with van der Waals surface area (Å²) in [4.78, 5) is 4.24. The molecular formula is C13H13BrN2O. The van der Waals surface area contributed by atoms with E-state index in [0.29, 0.717) is 12.4 Å². The molecular weight excluding hydrogens is 280 g/mol. The van der Waals surface area contributed by atoms with Crippen LogP contribution in [-0.4, -0.2) is 4.98 Å². The highest BCUT2D eigenvalue weighted by atomic mass is 79.9. The molecule has 2 aromatic rings. The summed E-state index contributed by atoms with van der Waals surface area (Å²) in [5.74, 6) is 1.36. The summed E-state index contributed by atoms with van der Waals surface area (Å²) in [5.41, 5.74) is 7.61. The number of benzene rings is 1. The van der Waals surface area contributed by atoms with Crippen LogP contribution in [0.3, 0.4) is 0 Å². The molecule has 1 aromatic heterocycles. The van der Waals surface area contributed by atoms with Crippen LogP contribution in [0.1, 0.15) is 11.1 Å². The quantitative estimate of drug-likeness (QED) is 0.943. The molecule has 3 nitrogen and oxygen atoms in total. The smallest absolute Gasteiger partial charge is 0.222 e. The number of aromatic nitrogens is 1. The van der Waals surface area contributed by atoms with Crippen molar-refractivity contribution in [3.05, 3.63) is 52.1 Å². The molecule has 0 saturated heterocycles. The zero-order valence-corrected chi connectivity index (χ0v) is 11.1. The molecule has 0 spiro atoms. The first kappa shape index (κ1) is 12.1. The predicted molar refractivity (Wildman–Crippen MR) is 71.1 cm³/mol. The number of hydrogen-bond acceptors (Lipinski definition) is 3. The van der Waals surface area contributed by atoms with Crippen LogP contribution in [0.15, 0.2) is 41.0 Å². The van der Waals surface area contributed by atoms with Gasteiger partial charge in [-0.2, -0.15) is 0 Å². The van der Waals surface area contributed by atoms with Crippen LogP contribution >= 0.6 is 15.9 Å². The summed E-state index contributed by atoms with van der Waals surface area (Å²) >= 11 is 3.37. The van der Waals surface area contributed by atoms with Gasteiger partial charge < -0.3 is 10.5 Å². The van der Waals surface area contributed by atoms with Gasteiger partial charge in [0.05, 0.1) is 0 Å². The Balaban J connectivity index is 2.31. The standard InChI is InChI=1S/C13H13BrN2O/c1-9-6-11(14)8-16-13(9)17-12-5-3-2-4-10(12)7-15/h2-6,8H,7,15H2,1H3. The van der Waals surface area contributed by atoms with E-state index < -0.39 is 0 Å². The monoisotopic (exact) mass is 292 g/mol. The lowest BCUT2D eigenvalue weighted by Crippen LogP contribution is -2.00. The average Bonchev–Trinajstić information content (AvgIpc) is 2.33. The highest BCUT2D eigenvalue weighted by Crippen LogP contribution is 2.27. The Kier molecular flexibility index (Phi) is 3.76. The SMILES string of the molecule is Cc1cc(Br)cnc1Oc1ccccc1CN. The van der Waals surface area contributed by atoms with Crippen molar-refractivity contribution in [2.45, 2.75) is 13.5 Å². The molecule has 2 N–H and O–H groups in total. The van der Waals surface area contributed by atoms with Crippen LogP contribution in [-0.2, 0) is 6.54 Å². The molecule has 0 saturated carbocycles. The van der Waals surface area contributed by atoms with Gasteiger partial charge in [0.15, 0.2) is 0 Å². The number of nitrogens with two attached hydrogens (primary N) is 1. The van der Waals surface area contributed by atoms with Crippen molar-refractivity contribution in [2.75, 3.05) is 0 Å². The zero-order valence-electron chi connectivity index (χ0n) is 9.48. The summed E-state index contributed by atoms with van der Waals surface area (Å²) in [5, 5.41) is 0. The van der Waals surface area contributed by atoms with Gasteiger partial charge in [0.25, 0.3) is 0 Å². The molecule has 2 rings (SSSR count). The van der Waals surface area contributed by atoms with Crippen molar-refractivity contribution in [3.63, 3.8) is 0 Å². The summed E-state index contributed by atoms with van der Waals surface area (Å²) in [7, 11) is 0. The van der Waals surface area contributed by atoms with E-state index in [4.69, 9.17) is 10.5 Å². The van der Waals surface area contributed by atoms with Gasteiger partial charge in [-0.25, -0.2) is 4.98 Å². The molecule has 0 radical (unpaired) electrons. The lowest BCUT2D eigenvalue weighted by Gasteiger charge is -2.10. The van der Waals surface area contributed by atoms with E-state index in [0.717, 1.165) is 21.3 Å². The summed E-state index contributed by atoms with van der Waals surface area (Å²) in [6.07, 6.45) is 1.72. The Morgan fingerprint density at radius 3 is 2.82 bits per heavy atom. The van der Waals surface area contributed by atoms with Gasteiger partial charge in [-0.05, 0) is 35.0 Å². The van der Waals surface area contributed by atoms with E-state index in [1.807, 2.05) is 37.3 Å². The molecule has 0 amide bonds. The fraction of sp³-hybridized carbons (Fsp3) is 0.154. The Morgan fingerprint density at radius 2 is 2.12 bits per heavy atom. The molecule has 88 valence electrons. The summed E-state index contributed by atoms with van der Waals surface area (Å²) in [6.45, 7) is 2.41. The summed E-state index contributed by atoms with van der Waals surface area (Å²) in [6, 6.07) is 9.67. The first-order valence-electron chi connectivity index (χ1n) is 5.28. The Bertz CT molecular complexity index is 529. The van der Waals surface area contributed by atoms with Gasteiger partial charge >= 0.3 is 0 Å². The number of hydrogen-bond donors (Lipinski definition) is 1. The molecule has 17 heavy (non-hydrogen) atoms. The van der Waals surface area contributed by atoms with Crippen LogP contribution in [0.4, 0.5) is 0 Å². The van der Waals surface area contributed by atoms with Crippen LogP contribution < -0.4 is 10.5 Å². The van der Waals surface area contributed by atoms with Crippen LogP contribution in [0.2, 0.25) is 0 Å². The Labute approximate surface area is 109 Å². The number of aryl methyl sites for hydroxylation is 1. The van der Waals surface area contributed by atoms with Gasteiger partial charge in [0, 0.05) is 28.3 Å². The molecule has 0 bridgehead atoms. The lowest BCUT2D eigenvalue weighted by molar-refractivity contribution is 0.453. The van der Waals surface area contributed by atoms with Crippen LogP contribution in [0.5, 0.6) is 11.6 Å². The number of rotatable bonds is 3.